The number of phosphoric acid groups is 1. The number of amides is 1. The molecule has 0 aromatic rings. The van der Waals surface area contributed by atoms with Crippen LogP contribution in [0.2, 0.25) is 0 Å². The van der Waals surface area contributed by atoms with Gasteiger partial charge in [-0.1, -0.05) is 306 Å². The van der Waals surface area contributed by atoms with E-state index in [-0.39, 0.29) is 19.1 Å². The predicted octanol–water partition coefficient (Wildman–Crippen LogP) is 21.6. The summed E-state index contributed by atoms with van der Waals surface area (Å²) in [6.07, 6.45) is 83.9. The summed E-state index contributed by atoms with van der Waals surface area (Å²) in [6, 6.07) is -0.870. The van der Waals surface area contributed by atoms with Gasteiger partial charge < -0.3 is 19.8 Å². The van der Waals surface area contributed by atoms with Gasteiger partial charge in [-0.05, 0) is 77.0 Å². The van der Waals surface area contributed by atoms with Crippen molar-refractivity contribution >= 4 is 13.7 Å². The highest BCUT2D eigenvalue weighted by Gasteiger charge is 2.28. The molecule has 1 amide bonds. The lowest BCUT2D eigenvalue weighted by atomic mass is 10.0. The number of aliphatic hydroxyl groups is 1. The number of rotatable bonds is 63. The number of hydrogen-bond acceptors (Lipinski definition) is 5. The molecule has 79 heavy (non-hydrogen) atoms. The lowest BCUT2D eigenvalue weighted by Gasteiger charge is -2.25. The van der Waals surface area contributed by atoms with Crippen molar-refractivity contribution in [1.29, 1.82) is 0 Å². The SMILES string of the molecule is CCCCCCC/C=C\C/C=C\CCCCCCCCCCCCCCCCCCCCCCCCCCCCCCCC(=O)NC(COP(=O)(O)OCC[N+](C)(C)C)C(O)/C=C/CC/C=C/CC/C=C/CCCCCCCC. The van der Waals surface area contributed by atoms with E-state index in [1.165, 1.54) is 257 Å². The van der Waals surface area contributed by atoms with Crippen LogP contribution in [0.4, 0.5) is 0 Å². The Morgan fingerprint density at radius 3 is 1.09 bits per heavy atom. The van der Waals surface area contributed by atoms with Crippen molar-refractivity contribution in [2.45, 2.75) is 341 Å². The molecule has 9 heteroatoms. The van der Waals surface area contributed by atoms with Crippen LogP contribution >= 0.6 is 7.82 Å². The summed E-state index contributed by atoms with van der Waals surface area (Å²) in [4.78, 5) is 23.3. The third-order valence-corrected chi connectivity index (χ3v) is 16.4. The third-order valence-electron chi connectivity index (χ3n) is 15.4. The second-order valence-electron chi connectivity index (χ2n) is 24.5. The van der Waals surface area contributed by atoms with Crippen molar-refractivity contribution in [3.05, 3.63) is 60.8 Å². The maximum absolute atomic E-state index is 13.0. The highest BCUT2D eigenvalue weighted by atomic mass is 31.2. The standard InChI is InChI=1S/C70H133N2O6P/c1-6-8-10-12-14-16-18-20-22-24-25-26-27-28-29-30-31-32-33-34-35-36-37-38-39-40-41-42-43-44-45-46-47-48-50-52-54-56-58-60-62-64-70(74)71-68(67-78-79(75,76)77-66-65-72(3,4)5)69(73)63-61-59-57-55-53-51-49-23-21-19-17-15-13-11-9-7-2/h18,20-21,23-25,53,55,61,63,68-69,73H,6-17,19,22,26-52,54,56-60,62,64-67H2,1-5H3,(H-,71,74,75,76)/p+1/b20-18-,23-21+,25-24-,55-53+,63-61+. The zero-order valence-electron chi connectivity index (χ0n) is 53.1. The van der Waals surface area contributed by atoms with Crippen LogP contribution in [-0.4, -0.2) is 73.4 Å². The number of phosphoric ester groups is 1. The molecule has 0 saturated carbocycles. The van der Waals surface area contributed by atoms with Gasteiger partial charge in [-0.3, -0.25) is 13.8 Å². The van der Waals surface area contributed by atoms with Gasteiger partial charge in [0.05, 0.1) is 39.9 Å². The van der Waals surface area contributed by atoms with Gasteiger partial charge in [-0.15, -0.1) is 0 Å². The fourth-order valence-corrected chi connectivity index (χ4v) is 10.8. The first-order chi connectivity index (χ1) is 38.5. The Hall–Kier alpha value is -1.80. The van der Waals surface area contributed by atoms with E-state index < -0.39 is 20.0 Å². The van der Waals surface area contributed by atoms with Crippen molar-refractivity contribution in [3.8, 4) is 0 Å². The quantitative estimate of drug-likeness (QED) is 0.0243. The molecule has 0 spiro atoms. The van der Waals surface area contributed by atoms with Gasteiger partial charge in [0.2, 0.25) is 5.91 Å². The highest BCUT2D eigenvalue weighted by molar-refractivity contribution is 7.47. The normalized spacial score (nSPS) is 14.1. The number of unbranched alkanes of at least 4 members (excludes halogenated alkanes) is 42. The number of hydrogen-bond donors (Lipinski definition) is 3. The maximum Gasteiger partial charge on any atom is 0.472 e. The summed E-state index contributed by atoms with van der Waals surface area (Å²) in [7, 11) is 1.55. The van der Waals surface area contributed by atoms with E-state index >= 15 is 0 Å². The molecule has 464 valence electrons. The van der Waals surface area contributed by atoms with E-state index in [2.05, 4.69) is 67.8 Å². The summed E-state index contributed by atoms with van der Waals surface area (Å²) < 4.78 is 23.7. The van der Waals surface area contributed by atoms with Gasteiger partial charge in [0.15, 0.2) is 0 Å². The number of aliphatic hydroxyl groups excluding tert-OH is 1. The molecule has 0 aromatic carbocycles. The summed E-state index contributed by atoms with van der Waals surface area (Å²) in [5.74, 6) is -0.186. The largest absolute Gasteiger partial charge is 0.472 e. The van der Waals surface area contributed by atoms with E-state index in [0.29, 0.717) is 17.4 Å². The molecule has 0 saturated heterocycles. The average molecular weight is 1130 g/mol. The van der Waals surface area contributed by atoms with E-state index in [9.17, 15) is 19.4 Å². The van der Waals surface area contributed by atoms with Crippen LogP contribution in [0.25, 0.3) is 0 Å². The molecular weight excluding hydrogens is 996 g/mol. The van der Waals surface area contributed by atoms with Crippen molar-refractivity contribution < 1.29 is 32.9 Å². The first-order valence-electron chi connectivity index (χ1n) is 34.2. The Morgan fingerprint density at radius 1 is 0.430 bits per heavy atom. The first kappa shape index (κ1) is 77.2. The summed E-state index contributed by atoms with van der Waals surface area (Å²) in [6.45, 7) is 4.79. The minimum Gasteiger partial charge on any atom is -0.387 e. The van der Waals surface area contributed by atoms with E-state index in [0.717, 1.165) is 51.4 Å². The van der Waals surface area contributed by atoms with E-state index in [4.69, 9.17) is 9.05 Å². The molecule has 0 rings (SSSR count). The van der Waals surface area contributed by atoms with E-state index in [1.807, 2.05) is 27.2 Å². The Kier molecular flexibility index (Phi) is 59.4. The first-order valence-corrected chi connectivity index (χ1v) is 35.7. The molecule has 0 aliphatic rings. The molecule has 3 N–H and O–H groups in total. The molecule has 0 aromatic heterocycles. The Labute approximate surface area is 492 Å². The van der Waals surface area contributed by atoms with Crippen LogP contribution in [0.5, 0.6) is 0 Å². The summed E-state index contributed by atoms with van der Waals surface area (Å²) >= 11 is 0. The molecular formula is C70H134N2O6P+. The minimum absolute atomic E-state index is 0.0540. The molecule has 0 fully saturated rings. The number of carbonyl (C=O) groups is 1. The van der Waals surface area contributed by atoms with Crippen LogP contribution in [0.3, 0.4) is 0 Å². The molecule has 0 aliphatic carbocycles. The Morgan fingerprint density at radius 2 is 0.734 bits per heavy atom. The smallest absolute Gasteiger partial charge is 0.387 e. The zero-order chi connectivity index (χ0) is 57.7. The maximum atomic E-state index is 13.0. The van der Waals surface area contributed by atoms with Crippen molar-refractivity contribution in [1.82, 2.24) is 5.32 Å². The number of likely N-dealkylation sites (N-methyl/N-ethyl adjacent to an activating group) is 1. The monoisotopic (exact) mass is 1130 g/mol. The summed E-state index contributed by atoms with van der Waals surface area (Å²) in [5, 5.41) is 13.9. The molecule has 3 unspecified atom stereocenters. The average Bonchev–Trinajstić information content (AvgIpc) is 3.42. The van der Waals surface area contributed by atoms with Crippen molar-refractivity contribution in [2.24, 2.45) is 0 Å². The second-order valence-corrected chi connectivity index (χ2v) is 26.0. The van der Waals surface area contributed by atoms with Crippen LogP contribution in [-0.2, 0) is 18.4 Å². The predicted molar refractivity (Wildman–Crippen MR) is 346 cm³/mol. The molecule has 0 aliphatic heterocycles. The number of nitrogens with zero attached hydrogens (tertiary/aromatic N) is 1. The number of nitrogens with one attached hydrogen (secondary N) is 1. The van der Waals surface area contributed by atoms with E-state index in [1.54, 1.807) is 6.08 Å². The number of quaternary nitrogens is 1. The van der Waals surface area contributed by atoms with Gasteiger partial charge in [0.1, 0.15) is 13.2 Å². The molecule has 3 atom stereocenters. The molecule has 0 bridgehead atoms. The van der Waals surface area contributed by atoms with Crippen LogP contribution in [0.15, 0.2) is 60.8 Å². The zero-order valence-corrected chi connectivity index (χ0v) is 54.0. The summed E-state index contributed by atoms with van der Waals surface area (Å²) in [5.41, 5.74) is 0. The lowest BCUT2D eigenvalue weighted by molar-refractivity contribution is -0.870. The van der Waals surface area contributed by atoms with Gasteiger partial charge in [-0.25, -0.2) is 4.57 Å². The fourth-order valence-electron chi connectivity index (χ4n) is 10.1. The molecule has 0 radical (unpaired) electrons. The molecule has 0 heterocycles. The third kappa shape index (κ3) is 63.6. The minimum atomic E-state index is -4.36. The van der Waals surface area contributed by atoms with Crippen LogP contribution < -0.4 is 5.32 Å². The van der Waals surface area contributed by atoms with Crippen LogP contribution in [0, 0.1) is 0 Å². The fraction of sp³-hybridized carbons (Fsp3) is 0.843. The Balaban J connectivity index is 3.89. The van der Waals surface area contributed by atoms with Gasteiger partial charge in [-0.2, -0.15) is 0 Å². The number of allylic oxidation sites excluding steroid dienone is 9. The molecule has 8 nitrogen and oxygen atoms in total. The van der Waals surface area contributed by atoms with Crippen molar-refractivity contribution in [3.63, 3.8) is 0 Å². The second kappa shape index (κ2) is 60.8. The van der Waals surface area contributed by atoms with Gasteiger partial charge in [0, 0.05) is 6.42 Å². The van der Waals surface area contributed by atoms with Gasteiger partial charge >= 0.3 is 7.82 Å². The topological polar surface area (TPSA) is 105 Å². The van der Waals surface area contributed by atoms with Gasteiger partial charge in [0.25, 0.3) is 0 Å². The highest BCUT2D eigenvalue weighted by Crippen LogP contribution is 2.43. The Bertz CT molecular complexity index is 1470. The number of carbonyl (C=O) groups excluding carboxylic acids is 1. The van der Waals surface area contributed by atoms with Crippen molar-refractivity contribution in [2.75, 3.05) is 40.9 Å². The van der Waals surface area contributed by atoms with Crippen LogP contribution in [0.1, 0.15) is 328 Å². The lowest BCUT2D eigenvalue weighted by Crippen LogP contribution is -2.45.